The van der Waals surface area contributed by atoms with E-state index in [4.69, 9.17) is 11.0 Å². The summed E-state index contributed by atoms with van der Waals surface area (Å²) in [5.74, 6) is -0.614. The van der Waals surface area contributed by atoms with Crippen LogP contribution in [0.2, 0.25) is 0 Å². The fourth-order valence-corrected chi connectivity index (χ4v) is 0.808. The number of carbonyl (C=O) groups is 1. The van der Waals surface area contributed by atoms with Crippen molar-refractivity contribution >= 4 is 11.5 Å². The van der Waals surface area contributed by atoms with Crippen molar-refractivity contribution in [1.29, 1.82) is 5.26 Å². The number of nitrogens with two attached hydrogens (primary N) is 1. The molecule has 0 aliphatic carbocycles. The van der Waals surface area contributed by atoms with E-state index in [1.165, 1.54) is 18.5 Å². The van der Waals surface area contributed by atoms with Crippen molar-refractivity contribution in [3.63, 3.8) is 0 Å². The summed E-state index contributed by atoms with van der Waals surface area (Å²) in [6.07, 6.45) is 2.84. The van der Waals surface area contributed by atoms with Crippen molar-refractivity contribution in [2.75, 3.05) is 0 Å². The van der Waals surface area contributed by atoms with Crippen LogP contribution >= 0.6 is 0 Å². The van der Waals surface area contributed by atoms with Crippen LogP contribution in [0.3, 0.4) is 0 Å². The van der Waals surface area contributed by atoms with E-state index in [0.717, 1.165) is 0 Å². The summed E-state index contributed by atoms with van der Waals surface area (Å²) in [4.78, 5) is 14.5. The number of carbonyl (C=O) groups excluding carboxylic acids is 1. The van der Waals surface area contributed by atoms with Crippen LogP contribution in [-0.4, -0.2) is 10.9 Å². The third kappa shape index (κ3) is 1.91. The number of pyridine rings is 1. The van der Waals surface area contributed by atoms with E-state index in [-0.39, 0.29) is 5.57 Å². The van der Waals surface area contributed by atoms with Gasteiger partial charge < -0.3 is 5.73 Å². The molecule has 0 aliphatic rings. The first-order valence-corrected chi connectivity index (χ1v) is 3.49. The molecule has 0 unspecified atom stereocenters. The lowest BCUT2D eigenvalue weighted by Gasteiger charge is -1.99. The zero-order valence-electron chi connectivity index (χ0n) is 6.82. The van der Waals surface area contributed by atoms with Crippen molar-refractivity contribution in [3.8, 4) is 6.07 Å². The van der Waals surface area contributed by atoms with E-state index >= 15 is 0 Å². The van der Waals surface area contributed by atoms with Crippen molar-refractivity contribution < 1.29 is 4.79 Å². The monoisotopic (exact) mass is 173 g/mol. The second kappa shape index (κ2) is 3.50. The highest BCUT2D eigenvalue weighted by molar-refractivity contribution is 6.17. The summed E-state index contributed by atoms with van der Waals surface area (Å²) in [5.41, 5.74) is 6.02. The summed E-state index contributed by atoms with van der Waals surface area (Å²) in [5, 5.41) is 8.55. The number of aromatic nitrogens is 1. The highest BCUT2D eigenvalue weighted by atomic mass is 16.1. The second-order valence-electron chi connectivity index (χ2n) is 2.42. The maximum atomic E-state index is 10.7. The zero-order chi connectivity index (χ0) is 9.84. The molecule has 0 spiro atoms. The number of hydrogen-bond donors (Lipinski definition) is 1. The van der Waals surface area contributed by atoms with Crippen molar-refractivity contribution in [2.45, 2.75) is 0 Å². The van der Waals surface area contributed by atoms with Gasteiger partial charge in [0.15, 0.2) is 0 Å². The van der Waals surface area contributed by atoms with Crippen molar-refractivity contribution in [3.05, 3.63) is 36.2 Å². The molecule has 0 atom stereocenters. The Morgan fingerprint density at radius 1 is 1.62 bits per heavy atom. The minimum atomic E-state index is -0.614. The van der Waals surface area contributed by atoms with Gasteiger partial charge >= 0.3 is 0 Å². The van der Waals surface area contributed by atoms with Crippen LogP contribution in [0, 0.1) is 11.3 Å². The van der Waals surface area contributed by atoms with E-state index in [9.17, 15) is 4.79 Å². The van der Waals surface area contributed by atoms with Crippen LogP contribution in [0.5, 0.6) is 0 Å². The minimum absolute atomic E-state index is 0.157. The molecule has 0 radical (unpaired) electrons. The van der Waals surface area contributed by atoms with Gasteiger partial charge in [-0.2, -0.15) is 5.26 Å². The van der Waals surface area contributed by atoms with E-state index in [1.807, 2.05) is 6.07 Å². The van der Waals surface area contributed by atoms with Gasteiger partial charge in [-0.05, 0) is 6.07 Å². The molecule has 0 aliphatic heterocycles. The first-order valence-electron chi connectivity index (χ1n) is 3.49. The molecular formula is C9H7N3O. The first kappa shape index (κ1) is 8.94. The van der Waals surface area contributed by atoms with Crippen LogP contribution in [0.4, 0.5) is 0 Å². The van der Waals surface area contributed by atoms with Crippen molar-refractivity contribution in [1.82, 2.24) is 4.98 Å². The number of hydrogen-bond acceptors (Lipinski definition) is 3. The molecule has 1 amide bonds. The van der Waals surface area contributed by atoms with Gasteiger partial charge in [0.25, 0.3) is 0 Å². The molecule has 2 N–H and O–H groups in total. The first-order chi connectivity index (χ1) is 6.15. The third-order valence-corrected chi connectivity index (χ3v) is 1.51. The Labute approximate surface area is 75.3 Å². The maximum absolute atomic E-state index is 10.7. The predicted octanol–water partition coefficient (Wildman–Crippen LogP) is 0.452. The molecule has 1 aromatic heterocycles. The molecule has 4 nitrogen and oxygen atoms in total. The molecule has 64 valence electrons. The number of amides is 1. The van der Waals surface area contributed by atoms with Gasteiger partial charge in [-0.1, -0.05) is 6.58 Å². The molecule has 4 heteroatoms. The number of primary amides is 1. The van der Waals surface area contributed by atoms with E-state index in [1.54, 1.807) is 0 Å². The molecule has 0 saturated heterocycles. The van der Waals surface area contributed by atoms with Crippen LogP contribution in [0.25, 0.3) is 5.57 Å². The maximum Gasteiger partial charge on any atom is 0.248 e. The molecule has 0 bridgehead atoms. The quantitative estimate of drug-likeness (QED) is 0.659. The average Bonchev–Trinajstić information content (AvgIpc) is 2.16. The molecule has 1 rings (SSSR count). The second-order valence-corrected chi connectivity index (χ2v) is 2.42. The molecule has 0 aromatic carbocycles. The van der Waals surface area contributed by atoms with Gasteiger partial charge in [-0.15, -0.1) is 0 Å². The Bertz CT molecular complexity index is 404. The molecule has 1 heterocycles. The molecular weight excluding hydrogens is 166 g/mol. The molecule has 0 fully saturated rings. The molecule has 0 saturated carbocycles. The smallest absolute Gasteiger partial charge is 0.248 e. The largest absolute Gasteiger partial charge is 0.366 e. The van der Waals surface area contributed by atoms with Crippen LogP contribution < -0.4 is 5.73 Å². The highest BCUT2D eigenvalue weighted by Crippen LogP contribution is 2.11. The van der Waals surface area contributed by atoms with Gasteiger partial charge in [0.2, 0.25) is 5.91 Å². The van der Waals surface area contributed by atoms with Gasteiger partial charge in [-0.25, -0.2) is 0 Å². The fourth-order valence-electron chi connectivity index (χ4n) is 0.808. The molecule has 1 aromatic rings. The SMILES string of the molecule is C=C(C(N)=O)c1cncc(C#N)c1. The summed E-state index contributed by atoms with van der Waals surface area (Å²) in [6.45, 7) is 3.48. The van der Waals surface area contributed by atoms with Crippen molar-refractivity contribution in [2.24, 2.45) is 5.73 Å². The minimum Gasteiger partial charge on any atom is -0.366 e. The summed E-state index contributed by atoms with van der Waals surface area (Å²) < 4.78 is 0. The highest BCUT2D eigenvalue weighted by Gasteiger charge is 2.05. The lowest BCUT2D eigenvalue weighted by atomic mass is 10.1. The topological polar surface area (TPSA) is 79.8 Å². The van der Waals surface area contributed by atoms with Crippen LogP contribution in [0.1, 0.15) is 11.1 Å². The van der Waals surface area contributed by atoms with E-state index in [2.05, 4.69) is 11.6 Å². The Morgan fingerprint density at radius 2 is 2.31 bits per heavy atom. The standard InChI is InChI=1S/C9H7N3O/c1-6(9(11)13)8-2-7(3-10)4-12-5-8/h2,4-5H,1H2,(H2,11,13). The number of nitriles is 1. The lowest BCUT2D eigenvalue weighted by Crippen LogP contribution is -2.12. The Balaban J connectivity index is 3.11. The van der Waals surface area contributed by atoms with Gasteiger partial charge in [0.05, 0.1) is 5.56 Å². The van der Waals surface area contributed by atoms with Gasteiger partial charge in [0, 0.05) is 23.5 Å². The summed E-state index contributed by atoms with van der Waals surface area (Å²) in [6, 6.07) is 3.42. The normalized spacial score (nSPS) is 8.85. The molecule has 13 heavy (non-hydrogen) atoms. The Hall–Kier alpha value is -2.15. The number of nitrogens with zero attached hydrogens (tertiary/aromatic N) is 2. The summed E-state index contributed by atoms with van der Waals surface area (Å²) >= 11 is 0. The number of rotatable bonds is 2. The van der Waals surface area contributed by atoms with Gasteiger partial charge in [0.1, 0.15) is 6.07 Å². The van der Waals surface area contributed by atoms with Crippen LogP contribution in [0.15, 0.2) is 25.0 Å². The summed E-state index contributed by atoms with van der Waals surface area (Å²) in [7, 11) is 0. The Kier molecular flexibility index (Phi) is 2.41. The average molecular weight is 173 g/mol. The fraction of sp³-hybridized carbons (Fsp3) is 0. The predicted molar refractivity (Wildman–Crippen MR) is 47.2 cm³/mol. The van der Waals surface area contributed by atoms with Gasteiger partial charge in [-0.3, -0.25) is 9.78 Å². The third-order valence-electron chi connectivity index (χ3n) is 1.51. The zero-order valence-corrected chi connectivity index (χ0v) is 6.82. The Morgan fingerprint density at radius 3 is 2.85 bits per heavy atom. The lowest BCUT2D eigenvalue weighted by molar-refractivity contribution is -0.112. The van der Waals surface area contributed by atoms with Crippen LogP contribution in [-0.2, 0) is 4.79 Å². The van der Waals surface area contributed by atoms with E-state index in [0.29, 0.717) is 11.1 Å². The van der Waals surface area contributed by atoms with E-state index < -0.39 is 5.91 Å².